The summed E-state index contributed by atoms with van der Waals surface area (Å²) in [6, 6.07) is 3.21. The van der Waals surface area contributed by atoms with E-state index in [1.807, 2.05) is 0 Å². The highest BCUT2D eigenvalue weighted by molar-refractivity contribution is 9.10. The smallest absolute Gasteiger partial charge is 0.175 e. The summed E-state index contributed by atoms with van der Waals surface area (Å²) in [4.78, 5) is 10.8. The Morgan fingerprint density at radius 1 is 1.38 bits per heavy atom. The highest BCUT2D eigenvalue weighted by Gasteiger charge is 2.14. The van der Waals surface area contributed by atoms with Crippen molar-refractivity contribution in [3.63, 3.8) is 0 Å². The number of hydrogen-bond donors (Lipinski definition) is 1. The molecule has 1 N–H and O–H groups in total. The average molecular weight is 361 g/mol. The van der Waals surface area contributed by atoms with Crippen molar-refractivity contribution in [2.45, 2.75) is 25.9 Å². The topological polar surface area (TPSA) is 65.0 Å². The number of aliphatic hydroxyl groups is 1. The average Bonchev–Trinajstić information content (AvgIpc) is 2.49. The number of carbonyl (C=O) groups is 1. The van der Waals surface area contributed by atoms with Crippen molar-refractivity contribution in [3.05, 3.63) is 22.2 Å². The first-order chi connectivity index (χ1) is 10.1. The molecule has 0 aromatic heterocycles. The zero-order valence-corrected chi connectivity index (χ0v) is 13.9. The van der Waals surface area contributed by atoms with Gasteiger partial charge in [0.2, 0.25) is 0 Å². The predicted molar refractivity (Wildman–Crippen MR) is 83.3 cm³/mol. The normalized spacial score (nSPS) is 12.0. The molecule has 5 nitrogen and oxygen atoms in total. The van der Waals surface area contributed by atoms with Crippen molar-refractivity contribution in [1.29, 1.82) is 0 Å². The fourth-order valence-electron chi connectivity index (χ4n) is 1.64. The van der Waals surface area contributed by atoms with Crippen LogP contribution in [0.5, 0.6) is 11.5 Å². The van der Waals surface area contributed by atoms with Crippen LogP contribution < -0.4 is 9.47 Å². The largest absolute Gasteiger partial charge is 0.493 e. The summed E-state index contributed by atoms with van der Waals surface area (Å²) in [5, 5.41) is 9.80. The summed E-state index contributed by atoms with van der Waals surface area (Å²) in [7, 11) is 1.49. The van der Waals surface area contributed by atoms with Gasteiger partial charge in [-0.05, 0) is 34.5 Å². The van der Waals surface area contributed by atoms with Gasteiger partial charge in [-0.25, -0.2) is 0 Å². The van der Waals surface area contributed by atoms with Gasteiger partial charge in [0.1, 0.15) is 19.0 Å². The number of ether oxygens (including phenoxy) is 3. The molecule has 0 aliphatic heterocycles. The summed E-state index contributed by atoms with van der Waals surface area (Å²) in [6.07, 6.45) is 2.04. The molecule has 0 saturated carbocycles. The van der Waals surface area contributed by atoms with Crippen LogP contribution in [0.3, 0.4) is 0 Å². The van der Waals surface area contributed by atoms with E-state index in [1.54, 1.807) is 12.1 Å². The standard InChI is InChI=1S/C15H21BrO5/c1-3-4-5-20-9-12(18)10-21-15-13(16)6-11(8-17)7-14(15)19-2/h6-8,12,18H,3-5,9-10H2,1-2H3. The molecular weight excluding hydrogens is 340 g/mol. The lowest BCUT2D eigenvalue weighted by molar-refractivity contribution is 0.0107. The van der Waals surface area contributed by atoms with E-state index in [0.717, 1.165) is 19.1 Å². The molecule has 1 rings (SSSR count). The van der Waals surface area contributed by atoms with Gasteiger partial charge in [0.05, 0.1) is 18.2 Å². The summed E-state index contributed by atoms with van der Waals surface area (Å²) in [6.45, 7) is 3.03. The van der Waals surface area contributed by atoms with Crippen molar-refractivity contribution in [1.82, 2.24) is 0 Å². The molecule has 0 amide bonds. The second-order valence-electron chi connectivity index (χ2n) is 4.55. The third-order valence-corrected chi connectivity index (χ3v) is 3.35. The van der Waals surface area contributed by atoms with Crippen LogP contribution in [0.1, 0.15) is 30.1 Å². The summed E-state index contributed by atoms with van der Waals surface area (Å²) in [5.41, 5.74) is 0.481. The van der Waals surface area contributed by atoms with Crippen LogP contribution in [0.2, 0.25) is 0 Å². The van der Waals surface area contributed by atoms with Gasteiger partial charge >= 0.3 is 0 Å². The molecule has 1 aromatic carbocycles. The molecule has 6 heteroatoms. The third-order valence-electron chi connectivity index (χ3n) is 2.76. The molecule has 21 heavy (non-hydrogen) atoms. The van der Waals surface area contributed by atoms with Crippen LogP contribution in [0, 0.1) is 0 Å². The number of methoxy groups -OCH3 is 1. The first-order valence-corrected chi connectivity index (χ1v) is 7.63. The Kier molecular flexibility index (Phi) is 8.34. The zero-order valence-electron chi connectivity index (χ0n) is 12.3. The molecule has 118 valence electrons. The van der Waals surface area contributed by atoms with Gasteiger partial charge in [0, 0.05) is 12.2 Å². The number of benzene rings is 1. The number of hydrogen-bond acceptors (Lipinski definition) is 5. The van der Waals surface area contributed by atoms with Gasteiger partial charge in [0.15, 0.2) is 11.5 Å². The molecule has 0 spiro atoms. The van der Waals surface area contributed by atoms with E-state index in [1.165, 1.54) is 7.11 Å². The number of rotatable bonds is 10. The van der Waals surface area contributed by atoms with E-state index in [2.05, 4.69) is 22.9 Å². The molecule has 0 fully saturated rings. The molecule has 0 radical (unpaired) electrons. The van der Waals surface area contributed by atoms with E-state index >= 15 is 0 Å². The maximum absolute atomic E-state index is 10.8. The second kappa shape index (κ2) is 9.76. The molecule has 0 aliphatic rings. The summed E-state index contributed by atoms with van der Waals surface area (Å²) in [5.74, 6) is 0.890. The maximum Gasteiger partial charge on any atom is 0.175 e. The third kappa shape index (κ3) is 6.03. The van der Waals surface area contributed by atoms with E-state index < -0.39 is 6.10 Å². The monoisotopic (exact) mass is 360 g/mol. The number of aliphatic hydroxyl groups excluding tert-OH is 1. The molecule has 0 aliphatic carbocycles. The first kappa shape index (κ1) is 17.9. The molecular formula is C15H21BrO5. The highest BCUT2D eigenvalue weighted by atomic mass is 79.9. The second-order valence-corrected chi connectivity index (χ2v) is 5.40. The minimum absolute atomic E-state index is 0.0848. The van der Waals surface area contributed by atoms with Gasteiger partial charge in [0.25, 0.3) is 0 Å². The van der Waals surface area contributed by atoms with Crippen molar-refractivity contribution in [2.75, 3.05) is 26.9 Å². The van der Waals surface area contributed by atoms with Crippen molar-refractivity contribution in [3.8, 4) is 11.5 Å². The summed E-state index contributed by atoms with van der Waals surface area (Å²) < 4.78 is 16.7. The number of aldehydes is 1. The molecule has 0 heterocycles. The number of halogens is 1. The molecule has 1 aromatic rings. The van der Waals surface area contributed by atoms with E-state index in [-0.39, 0.29) is 13.2 Å². The SMILES string of the molecule is CCCCOCC(O)COc1c(Br)cc(C=O)cc1OC. The highest BCUT2D eigenvalue weighted by Crippen LogP contribution is 2.36. The predicted octanol–water partition coefficient (Wildman–Crippen LogP) is 2.83. The van der Waals surface area contributed by atoms with Crippen molar-refractivity contribution < 1.29 is 24.1 Å². The van der Waals surface area contributed by atoms with Gasteiger partial charge in [-0.1, -0.05) is 13.3 Å². The Balaban J connectivity index is 2.56. The molecule has 1 atom stereocenters. The van der Waals surface area contributed by atoms with Gasteiger partial charge in [-0.3, -0.25) is 4.79 Å². The molecule has 1 unspecified atom stereocenters. The molecule has 0 bridgehead atoms. The number of unbranched alkanes of at least 4 members (excludes halogenated alkanes) is 1. The van der Waals surface area contributed by atoms with E-state index in [4.69, 9.17) is 14.2 Å². The lowest BCUT2D eigenvalue weighted by Gasteiger charge is -2.16. The lowest BCUT2D eigenvalue weighted by Crippen LogP contribution is -2.24. The minimum atomic E-state index is -0.718. The van der Waals surface area contributed by atoms with Crippen LogP contribution in [0.25, 0.3) is 0 Å². The van der Waals surface area contributed by atoms with Crippen molar-refractivity contribution >= 4 is 22.2 Å². The van der Waals surface area contributed by atoms with Crippen LogP contribution in [0.4, 0.5) is 0 Å². The van der Waals surface area contributed by atoms with Crippen LogP contribution >= 0.6 is 15.9 Å². The Labute approximate surface area is 133 Å². The zero-order chi connectivity index (χ0) is 15.7. The fourth-order valence-corrected chi connectivity index (χ4v) is 2.22. The van der Waals surface area contributed by atoms with E-state index in [0.29, 0.717) is 28.1 Å². The Morgan fingerprint density at radius 2 is 2.14 bits per heavy atom. The van der Waals surface area contributed by atoms with Gasteiger partial charge in [-0.15, -0.1) is 0 Å². The minimum Gasteiger partial charge on any atom is -0.493 e. The first-order valence-electron chi connectivity index (χ1n) is 6.83. The van der Waals surface area contributed by atoms with Gasteiger partial charge in [-0.2, -0.15) is 0 Å². The Hall–Kier alpha value is -1.11. The van der Waals surface area contributed by atoms with Crippen LogP contribution in [-0.4, -0.2) is 44.4 Å². The van der Waals surface area contributed by atoms with E-state index in [9.17, 15) is 9.90 Å². The maximum atomic E-state index is 10.8. The lowest BCUT2D eigenvalue weighted by atomic mass is 10.2. The summed E-state index contributed by atoms with van der Waals surface area (Å²) >= 11 is 3.33. The Bertz CT molecular complexity index is 450. The Morgan fingerprint density at radius 3 is 2.76 bits per heavy atom. The molecule has 0 saturated heterocycles. The quantitative estimate of drug-likeness (QED) is 0.513. The van der Waals surface area contributed by atoms with Gasteiger partial charge < -0.3 is 19.3 Å². The number of carbonyl (C=O) groups excluding carboxylic acids is 1. The van der Waals surface area contributed by atoms with Crippen LogP contribution in [-0.2, 0) is 4.74 Å². The van der Waals surface area contributed by atoms with Crippen LogP contribution in [0.15, 0.2) is 16.6 Å². The van der Waals surface area contributed by atoms with Crippen molar-refractivity contribution in [2.24, 2.45) is 0 Å². The fraction of sp³-hybridized carbons (Fsp3) is 0.533.